The van der Waals surface area contributed by atoms with Crippen molar-refractivity contribution < 1.29 is 9.47 Å². The number of hydrogen-bond donors (Lipinski definition) is 0. The van der Waals surface area contributed by atoms with E-state index in [-0.39, 0.29) is 0 Å². The predicted octanol–water partition coefficient (Wildman–Crippen LogP) is 1.71. The minimum atomic E-state index is -1.02. The molecule has 0 spiro atoms. The van der Waals surface area contributed by atoms with Gasteiger partial charge in [-0.05, 0) is 27.7 Å². The van der Waals surface area contributed by atoms with Gasteiger partial charge in [0, 0.05) is 26.2 Å². The van der Waals surface area contributed by atoms with E-state index < -0.39 is 14.6 Å². The zero-order chi connectivity index (χ0) is 14.0. The topological polar surface area (TPSA) is 24.9 Å². The van der Waals surface area contributed by atoms with Crippen LogP contribution in [-0.2, 0) is 9.47 Å². The molecule has 0 aromatic heterocycles. The standard InChI is InChI=1S/2C6H12NO.C2H5.Al/c2*1-5-3-7-4-6(2)8-5;1-2;/h2*5-6H,3-4H2,1-2H3;1H2,2H3;/q2*-1;;+2. The number of morpholine rings is 2. The summed E-state index contributed by atoms with van der Waals surface area (Å²) in [6, 6.07) is 0. The highest BCUT2D eigenvalue weighted by molar-refractivity contribution is 6.52. The number of hydrogen-bond acceptors (Lipinski definition) is 4. The molecule has 0 amide bonds. The third kappa shape index (κ3) is 4.17. The van der Waals surface area contributed by atoms with Gasteiger partial charge in [0.2, 0.25) is 0 Å². The van der Waals surface area contributed by atoms with E-state index in [1.807, 2.05) is 0 Å². The van der Waals surface area contributed by atoms with Gasteiger partial charge in [-0.25, -0.2) is 0 Å². The first kappa shape index (κ1) is 15.8. The Balaban J connectivity index is 2.02. The number of rotatable bonds is 3. The summed E-state index contributed by atoms with van der Waals surface area (Å²) in [5.41, 5.74) is 0. The van der Waals surface area contributed by atoms with Crippen molar-refractivity contribution in [2.75, 3.05) is 26.2 Å². The summed E-state index contributed by atoms with van der Waals surface area (Å²) in [6.07, 6.45) is 1.50. The van der Waals surface area contributed by atoms with E-state index in [1.54, 1.807) is 0 Å². The largest absolute Gasteiger partial charge is 0.488 e. The van der Waals surface area contributed by atoms with Gasteiger partial charge in [-0.15, -0.1) is 0 Å². The molecule has 2 heterocycles. The Bertz CT molecular complexity index is 247. The Morgan fingerprint density at radius 1 is 0.789 bits per heavy atom. The molecule has 5 heteroatoms. The highest BCUT2D eigenvalue weighted by Gasteiger charge is 2.39. The van der Waals surface area contributed by atoms with Gasteiger partial charge in [-0.3, -0.25) is 0 Å². The Kier molecular flexibility index (Phi) is 5.71. The lowest BCUT2D eigenvalue weighted by atomic mass is 10.3. The van der Waals surface area contributed by atoms with Gasteiger partial charge in [0.15, 0.2) is 0 Å². The molecule has 0 bridgehead atoms. The van der Waals surface area contributed by atoms with Crippen LogP contribution in [-0.4, -0.2) is 73.0 Å². The van der Waals surface area contributed by atoms with E-state index in [1.165, 1.54) is 5.28 Å². The molecular formula is C14H29AlN2O2. The molecule has 2 saturated heterocycles. The Morgan fingerprint density at radius 3 is 1.37 bits per heavy atom. The Labute approximate surface area is 122 Å². The van der Waals surface area contributed by atoms with Gasteiger partial charge in [0.05, 0.1) is 24.4 Å². The number of ether oxygens (including phenoxy) is 2. The van der Waals surface area contributed by atoms with Crippen LogP contribution < -0.4 is 0 Å². The zero-order valence-corrected chi connectivity index (χ0v) is 14.3. The van der Waals surface area contributed by atoms with Gasteiger partial charge in [-0.2, -0.15) is 0 Å². The third-order valence-corrected chi connectivity index (χ3v) is 7.36. The smallest absolute Gasteiger partial charge is 0.373 e. The zero-order valence-electron chi connectivity index (χ0n) is 13.1. The summed E-state index contributed by atoms with van der Waals surface area (Å²) < 4.78 is 17.2. The second-order valence-electron chi connectivity index (χ2n) is 6.31. The minimum Gasteiger partial charge on any atom is -0.373 e. The summed E-state index contributed by atoms with van der Waals surface area (Å²) in [4.78, 5) is 0. The van der Waals surface area contributed by atoms with Gasteiger partial charge in [-0.1, -0.05) is 12.2 Å². The van der Waals surface area contributed by atoms with Crippen LogP contribution in [0.25, 0.3) is 0 Å². The van der Waals surface area contributed by atoms with E-state index in [9.17, 15) is 0 Å². The van der Waals surface area contributed by atoms with E-state index in [2.05, 4.69) is 42.4 Å². The highest BCUT2D eigenvalue weighted by Crippen LogP contribution is 2.19. The maximum absolute atomic E-state index is 5.88. The summed E-state index contributed by atoms with van der Waals surface area (Å²) >= 11 is -1.02. The van der Waals surface area contributed by atoms with Crippen LogP contribution in [0, 0.1) is 0 Å². The van der Waals surface area contributed by atoms with Crippen LogP contribution in [0.15, 0.2) is 0 Å². The van der Waals surface area contributed by atoms with Gasteiger partial charge in [0.25, 0.3) is 0 Å². The first-order valence-electron chi connectivity index (χ1n) is 7.78. The minimum absolute atomic E-state index is 0.376. The second-order valence-corrected chi connectivity index (χ2v) is 9.55. The van der Waals surface area contributed by atoms with Crippen LogP contribution >= 0.6 is 0 Å². The third-order valence-electron chi connectivity index (χ3n) is 4.10. The van der Waals surface area contributed by atoms with Crippen molar-refractivity contribution in [2.45, 2.75) is 64.3 Å². The fourth-order valence-electron chi connectivity index (χ4n) is 3.67. The van der Waals surface area contributed by atoms with Gasteiger partial charge in [0.1, 0.15) is 0 Å². The maximum atomic E-state index is 5.88. The van der Waals surface area contributed by atoms with Crippen LogP contribution in [0.1, 0.15) is 34.6 Å². The molecule has 0 aliphatic carbocycles. The maximum Gasteiger partial charge on any atom is 0.488 e. The average Bonchev–Trinajstić information content (AvgIpc) is 2.27. The van der Waals surface area contributed by atoms with Gasteiger partial charge < -0.3 is 17.2 Å². The normalized spacial score (nSPS) is 38.4. The number of nitrogens with zero attached hydrogens (tertiary/aromatic N) is 2. The molecule has 2 aliphatic heterocycles. The lowest BCUT2D eigenvalue weighted by Gasteiger charge is -2.45. The summed E-state index contributed by atoms with van der Waals surface area (Å²) in [6.45, 7) is 15.6. The van der Waals surface area contributed by atoms with E-state index in [0.29, 0.717) is 24.4 Å². The fourth-order valence-corrected chi connectivity index (χ4v) is 7.33. The van der Waals surface area contributed by atoms with E-state index in [0.717, 1.165) is 26.2 Å². The second kappa shape index (κ2) is 6.89. The first-order chi connectivity index (χ1) is 8.99. The molecule has 2 aliphatic rings. The fraction of sp³-hybridized carbons (Fsp3) is 1.00. The molecule has 4 nitrogen and oxygen atoms in total. The summed E-state index contributed by atoms with van der Waals surface area (Å²) in [5.74, 6) is 0. The molecule has 0 aromatic rings. The van der Waals surface area contributed by atoms with Crippen molar-refractivity contribution in [3.05, 3.63) is 0 Å². The Morgan fingerprint density at radius 2 is 1.11 bits per heavy atom. The van der Waals surface area contributed by atoms with Gasteiger partial charge >= 0.3 is 14.6 Å². The summed E-state index contributed by atoms with van der Waals surface area (Å²) in [7, 11) is 0. The van der Waals surface area contributed by atoms with Crippen LogP contribution in [0.2, 0.25) is 5.28 Å². The monoisotopic (exact) mass is 284 g/mol. The van der Waals surface area contributed by atoms with Crippen LogP contribution in [0.5, 0.6) is 0 Å². The molecule has 0 N–H and O–H groups in total. The van der Waals surface area contributed by atoms with Crippen molar-refractivity contribution >= 4 is 14.6 Å². The molecule has 110 valence electrons. The Hall–Kier alpha value is 0.372. The highest BCUT2D eigenvalue weighted by atomic mass is 27.2. The van der Waals surface area contributed by atoms with E-state index >= 15 is 0 Å². The SMILES string of the molecule is C[CH2][Al]([N]1CC(C)OC(C)C1)[N]1CC(C)OC(C)C1. The molecule has 0 saturated carbocycles. The molecular weight excluding hydrogens is 255 g/mol. The van der Waals surface area contributed by atoms with Crippen molar-refractivity contribution in [2.24, 2.45) is 0 Å². The first-order valence-corrected chi connectivity index (χ1v) is 9.63. The van der Waals surface area contributed by atoms with Crippen molar-refractivity contribution in [1.29, 1.82) is 0 Å². The molecule has 19 heavy (non-hydrogen) atoms. The lowest BCUT2D eigenvalue weighted by Crippen LogP contribution is -2.62. The predicted molar refractivity (Wildman–Crippen MR) is 79.4 cm³/mol. The van der Waals surface area contributed by atoms with Crippen LogP contribution in [0.3, 0.4) is 0 Å². The molecule has 2 rings (SSSR count). The van der Waals surface area contributed by atoms with Crippen molar-refractivity contribution in [1.82, 2.24) is 7.77 Å². The quantitative estimate of drug-likeness (QED) is 0.737. The lowest BCUT2D eigenvalue weighted by molar-refractivity contribution is -0.0617. The molecule has 0 radical (unpaired) electrons. The molecule has 4 unspecified atom stereocenters. The van der Waals surface area contributed by atoms with Crippen LogP contribution in [0.4, 0.5) is 0 Å². The molecule has 2 fully saturated rings. The van der Waals surface area contributed by atoms with Crippen molar-refractivity contribution in [3.8, 4) is 0 Å². The summed E-state index contributed by atoms with van der Waals surface area (Å²) in [5, 5.41) is 1.30. The molecule has 4 atom stereocenters. The average molecular weight is 284 g/mol. The van der Waals surface area contributed by atoms with E-state index in [4.69, 9.17) is 9.47 Å². The molecule has 0 aromatic carbocycles. The van der Waals surface area contributed by atoms with Crippen molar-refractivity contribution in [3.63, 3.8) is 0 Å².